The van der Waals surface area contributed by atoms with Crippen LogP contribution in [0.2, 0.25) is 0 Å². The van der Waals surface area contributed by atoms with Crippen LogP contribution in [-0.4, -0.2) is 12.1 Å². The molecule has 0 aliphatic rings. The fourth-order valence-corrected chi connectivity index (χ4v) is 1.83. The first kappa shape index (κ1) is 13.2. The van der Waals surface area contributed by atoms with E-state index >= 15 is 0 Å². The van der Waals surface area contributed by atoms with Gasteiger partial charge in [-0.15, -0.1) is 0 Å². The minimum absolute atomic E-state index is 0.367. The summed E-state index contributed by atoms with van der Waals surface area (Å²) < 4.78 is 10.9. The molecule has 100 valence electrons. The van der Waals surface area contributed by atoms with Crippen molar-refractivity contribution in [2.24, 2.45) is 0 Å². The van der Waals surface area contributed by atoms with Crippen LogP contribution in [-0.2, 0) is 6.61 Å². The Bertz CT molecular complexity index is 582. The van der Waals surface area contributed by atoms with E-state index in [2.05, 4.69) is 4.98 Å². The number of hydrogen-bond acceptors (Lipinski definition) is 4. The smallest absolute Gasteiger partial charge is 0.143 e. The van der Waals surface area contributed by atoms with E-state index in [0.717, 1.165) is 22.7 Å². The van der Waals surface area contributed by atoms with Crippen LogP contribution < -0.4 is 15.2 Å². The maximum absolute atomic E-state index is 5.96. The lowest BCUT2D eigenvalue weighted by atomic mass is 10.2. The monoisotopic (exact) mass is 258 g/mol. The van der Waals surface area contributed by atoms with E-state index < -0.39 is 0 Å². The third kappa shape index (κ3) is 3.16. The fourth-order valence-electron chi connectivity index (χ4n) is 1.83. The lowest BCUT2D eigenvalue weighted by Gasteiger charge is -2.11. The third-order valence-corrected chi connectivity index (χ3v) is 2.88. The molecule has 2 N–H and O–H groups in total. The number of pyridine rings is 1. The molecule has 1 aromatic heterocycles. The average Bonchev–Trinajstić information content (AvgIpc) is 2.40. The van der Waals surface area contributed by atoms with E-state index in [1.807, 2.05) is 44.2 Å². The highest BCUT2D eigenvalue weighted by atomic mass is 16.5. The van der Waals surface area contributed by atoms with Gasteiger partial charge in [0.1, 0.15) is 18.1 Å². The molecule has 0 fully saturated rings. The molecule has 0 atom stereocenters. The summed E-state index contributed by atoms with van der Waals surface area (Å²) in [7, 11) is 1.64. The van der Waals surface area contributed by atoms with Crippen molar-refractivity contribution in [2.45, 2.75) is 20.5 Å². The van der Waals surface area contributed by atoms with Crippen molar-refractivity contribution < 1.29 is 9.47 Å². The molecule has 2 aromatic rings. The largest absolute Gasteiger partial charge is 0.497 e. The molecule has 0 saturated carbocycles. The lowest BCUT2D eigenvalue weighted by Crippen LogP contribution is -2.03. The number of nitrogens with two attached hydrogens (primary N) is 1. The van der Waals surface area contributed by atoms with E-state index in [4.69, 9.17) is 15.2 Å². The molecule has 19 heavy (non-hydrogen) atoms. The zero-order chi connectivity index (χ0) is 13.8. The van der Waals surface area contributed by atoms with E-state index in [1.54, 1.807) is 7.11 Å². The summed E-state index contributed by atoms with van der Waals surface area (Å²) in [6, 6.07) is 9.47. The SMILES string of the molecule is COc1cc(C)nc(COc2cccc(C)c2N)c1. The number of anilines is 1. The quantitative estimate of drug-likeness (QED) is 0.857. The number of aryl methyl sites for hydroxylation is 2. The number of aromatic nitrogens is 1. The summed E-state index contributed by atoms with van der Waals surface area (Å²) in [6.07, 6.45) is 0. The van der Waals surface area contributed by atoms with Crippen molar-refractivity contribution >= 4 is 5.69 Å². The summed E-state index contributed by atoms with van der Waals surface area (Å²) in [5.41, 5.74) is 9.35. The molecule has 1 aromatic carbocycles. The van der Waals surface area contributed by atoms with Gasteiger partial charge in [-0.05, 0) is 25.5 Å². The first-order valence-corrected chi connectivity index (χ1v) is 6.09. The van der Waals surface area contributed by atoms with Gasteiger partial charge in [-0.1, -0.05) is 12.1 Å². The van der Waals surface area contributed by atoms with Gasteiger partial charge in [0.25, 0.3) is 0 Å². The van der Waals surface area contributed by atoms with Crippen molar-refractivity contribution in [3.05, 3.63) is 47.3 Å². The molecule has 2 rings (SSSR count). The van der Waals surface area contributed by atoms with E-state index in [-0.39, 0.29) is 0 Å². The third-order valence-electron chi connectivity index (χ3n) is 2.88. The van der Waals surface area contributed by atoms with Gasteiger partial charge >= 0.3 is 0 Å². The average molecular weight is 258 g/mol. The second-order valence-corrected chi connectivity index (χ2v) is 4.42. The van der Waals surface area contributed by atoms with Crippen LogP contribution in [0.3, 0.4) is 0 Å². The number of ether oxygens (including phenoxy) is 2. The van der Waals surface area contributed by atoms with Gasteiger partial charge in [-0.25, -0.2) is 0 Å². The molecule has 0 spiro atoms. The second kappa shape index (κ2) is 5.61. The van der Waals surface area contributed by atoms with Crippen molar-refractivity contribution in [2.75, 3.05) is 12.8 Å². The minimum Gasteiger partial charge on any atom is -0.497 e. The van der Waals surface area contributed by atoms with Gasteiger partial charge < -0.3 is 15.2 Å². The van der Waals surface area contributed by atoms with Gasteiger partial charge in [-0.2, -0.15) is 0 Å². The van der Waals surface area contributed by atoms with Gasteiger partial charge in [-0.3, -0.25) is 4.98 Å². The van der Waals surface area contributed by atoms with E-state index in [9.17, 15) is 0 Å². The van der Waals surface area contributed by atoms with Crippen LogP contribution in [0, 0.1) is 13.8 Å². The number of hydrogen-bond donors (Lipinski definition) is 1. The number of methoxy groups -OCH3 is 1. The molecule has 0 bridgehead atoms. The Morgan fingerprint density at radius 1 is 1.21 bits per heavy atom. The molecule has 0 aliphatic carbocycles. The van der Waals surface area contributed by atoms with Gasteiger partial charge in [0.15, 0.2) is 0 Å². The highest BCUT2D eigenvalue weighted by Gasteiger charge is 2.05. The fraction of sp³-hybridized carbons (Fsp3) is 0.267. The highest BCUT2D eigenvalue weighted by Crippen LogP contribution is 2.25. The lowest BCUT2D eigenvalue weighted by molar-refractivity contribution is 0.301. The van der Waals surface area contributed by atoms with Crippen LogP contribution in [0.15, 0.2) is 30.3 Å². The Kier molecular flexibility index (Phi) is 3.90. The topological polar surface area (TPSA) is 57.4 Å². The molecular weight excluding hydrogens is 240 g/mol. The van der Waals surface area contributed by atoms with Gasteiger partial charge in [0, 0.05) is 17.8 Å². The molecule has 0 saturated heterocycles. The van der Waals surface area contributed by atoms with Crippen LogP contribution in [0.25, 0.3) is 0 Å². The summed E-state index contributed by atoms with van der Waals surface area (Å²) in [5, 5.41) is 0. The van der Waals surface area contributed by atoms with E-state index in [1.165, 1.54) is 0 Å². The number of benzene rings is 1. The first-order valence-electron chi connectivity index (χ1n) is 6.09. The van der Waals surface area contributed by atoms with Crippen molar-refractivity contribution in [1.82, 2.24) is 4.98 Å². The van der Waals surface area contributed by atoms with Crippen LogP contribution in [0.4, 0.5) is 5.69 Å². The zero-order valence-electron chi connectivity index (χ0n) is 11.4. The predicted octanol–water partition coefficient (Wildman–Crippen LogP) is 2.87. The molecule has 4 heteroatoms. The standard InChI is InChI=1S/C15H18N2O2/c1-10-5-4-6-14(15(10)16)19-9-12-8-13(18-3)7-11(2)17-12/h4-8H,9,16H2,1-3H3. The Labute approximate surface area is 113 Å². The zero-order valence-corrected chi connectivity index (χ0v) is 11.4. The van der Waals surface area contributed by atoms with E-state index in [0.29, 0.717) is 18.0 Å². The van der Waals surface area contributed by atoms with Crippen molar-refractivity contribution in [3.63, 3.8) is 0 Å². The van der Waals surface area contributed by atoms with Crippen molar-refractivity contribution in [3.8, 4) is 11.5 Å². The number of nitrogens with zero attached hydrogens (tertiary/aromatic N) is 1. The van der Waals surface area contributed by atoms with Crippen LogP contribution in [0.1, 0.15) is 17.0 Å². The molecule has 0 radical (unpaired) electrons. The predicted molar refractivity (Wildman–Crippen MR) is 75.4 cm³/mol. The summed E-state index contributed by atoms with van der Waals surface area (Å²) in [5.74, 6) is 1.46. The Balaban J connectivity index is 2.14. The van der Waals surface area contributed by atoms with Gasteiger partial charge in [0.2, 0.25) is 0 Å². The summed E-state index contributed by atoms with van der Waals surface area (Å²) in [4.78, 5) is 4.40. The molecule has 0 aliphatic heterocycles. The van der Waals surface area contributed by atoms with Gasteiger partial charge in [0.05, 0.1) is 18.5 Å². The molecule has 0 unspecified atom stereocenters. The normalized spacial score (nSPS) is 10.3. The second-order valence-electron chi connectivity index (χ2n) is 4.42. The molecule has 0 amide bonds. The molecular formula is C15H18N2O2. The summed E-state index contributed by atoms with van der Waals surface area (Å²) in [6.45, 7) is 4.24. The maximum atomic E-state index is 5.96. The molecule has 1 heterocycles. The Morgan fingerprint density at radius 3 is 2.74 bits per heavy atom. The van der Waals surface area contributed by atoms with Crippen molar-refractivity contribution in [1.29, 1.82) is 0 Å². The highest BCUT2D eigenvalue weighted by molar-refractivity contribution is 5.57. The Hall–Kier alpha value is -2.23. The van der Waals surface area contributed by atoms with Crippen LogP contribution in [0.5, 0.6) is 11.5 Å². The number of para-hydroxylation sites is 1. The Morgan fingerprint density at radius 2 is 2.00 bits per heavy atom. The van der Waals surface area contributed by atoms with Crippen LogP contribution >= 0.6 is 0 Å². The molecule has 4 nitrogen and oxygen atoms in total. The summed E-state index contributed by atoms with van der Waals surface area (Å²) >= 11 is 0. The number of rotatable bonds is 4. The maximum Gasteiger partial charge on any atom is 0.143 e. The number of nitrogen functional groups attached to an aromatic ring is 1. The first-order chi connectivity index (χ1) is 9.10. The minimum atomic E-state index is 0.367.